The number of carbonyl (C=O) groups excluding carboxylic acids is 6. The Morgan fingerprint density at radius 3 is 1.56 bits per heavy atom. The summed E-state index contributed by atoms with van der Waals surface area (Å²) in [5, 5.41) is 8.84. The fourth-order valence-electron chi connectivity index (χ4n) is 7.88. The van der Waals surface area contributed by atoms with Crippen LogP contribution in [0.15, 0.2) is 85.2 Å². The summed E-state index contributed by atoms with van der Waals surface area (Å²) in [4.78, 5) is 90.2. The van der Waals surface area contributed by atoms with Crippen LogP contribution in [0.25, 0.3) is 22.5 Å². The molecule has 11 N–H and O–H groups in total. The van der Waals surface area contributed by atoms with Crippen LogP contribution in [0.1, 0.15) is 123 Å². The molecule has 6 heterocycles. The molecule has 2 atom stereocenters. The Morgan fingerprint density at radius 2 is 1.16 bits per heavy atom. The molecule has 2 aliphatic rings. The molecule has 0 aliphatic carbocycles. The highest BCUT2D eigenvalue weighted by atomic mass is 19.4. The van der Waals surface area contributed by atoms with Crippen molar-refractivity contribution >= 4 is 47.6 Å². The minimum absolute atomic E-state index is 0.00667. The van der Waals surface area contributed by atoms with Gasteiger partial charge in [0.2, 0.25) is 6.29 Å². The smallest absolute Gasteiger partial charge is 0.444 e. The lowest BCUT2D eigenvalue weighted by molar-refractivity contribution is -0.156. The van der Waals surface area contributed by atoms with E-state index in [4.69, 9.17) is 32.7 Å². The molecule has 73 heavy (non-hydrogen) atoms. The summed E-state index contributed by atoms with van der Waals surface area (Å²) in [6.45, 7) is 10.6. The van der Waals surface area contributed by atoms with Crippen molar-refractivity contribution in [3.8, 4) is 22.5 Å². The zero-order valence-corrected chi connectivity index (χ0v) is 40.5. The zero-order valence-electron chi connectivity index (χ0n) is 40.5. The lowest BCUT2D eigenvalue weighted by atomic mass is 10.1. The van der Waals surface area contributed by atoms with E-state index in [2.05, 4.69) is 35.9 Å². The van der Waals surface area contributed by atoms with Crippen molar-refractivity contribution in [3.63, 3.8) is 0 Å². The van der Waals surface area contributed by atoms with Gasteiger partial charge in [0.15, 0.2) is 17.2 Å². The third-order valence-electron chi connectivity index (χ3n) is 11.2. The molecule has 4 aromatic heterocycles. The van der Waals surface area contributed by atoms with E-state index in [1.165, 1.54) is 4.68 Å². The van der Waals surface area contributed by atoms with Crippen LogP contribution in [0, 0.1) is 13.8 Å². The van der Waals surface area contributed by atoms with Gasteiger partial charge >= 0.3 is 12.3 Å². The van der Waals surface area contributed by atoms with Crippen molar-refractivity contribution in [1.82, 2.24) is 39.5 Å². The highest BCUT2D eigenvalue weighted by molar-refractivity contribution is 6.05. The van der Waals surface area contributed by atoms with Crippen LogP contribution >= 0.6 is 0 Å². The van der Waals surface area contributed by atoms with Crippen molar-refractivity contribution in [2.45, 2.75) is 84.2 Å². The summed E-state index contributed by atoms with van der Waals surface area (Å²) in [6.07, 6.45) is 0.324. The summed E-state index contributed by atoms with van der Waals surface area (Å²) < 4.78 is 39.2. The molecule has 8 rings (SSSR count). The van der Waals surface area contributed by atoms with E-state index < -0.39 is 42.0 Å². The second kappa shape index (κ2) is 22.6. The maximum Gasteiger partial charge on any atom is 0.446 e. The largest absolute Gasteiger partial charge is 0.446 e. The zero-order chi connectivity index (χ0) is 53.4. The highest BCUT2D eigenvalue weighted by Gasteiger charge is 2.38. The van der Waals surface area contributed by atoms with E-state index >= 15 is 0 Å². The van der Waals surface area contributed by atoms with E-state index in [0.717, 1.165) is 41.6 Å². The van der Waals surface area contributed by atoms with Gasteiger partial charge in [0.1, 0.15) is 34.4 Å². The Kier molecular flexibility index (Phi) is 16.6. The minimum Gasteiger partial charge on any atom is -0.444 e. The molecule has 0 saturated carbocycles. The van der Waals surface area contributed by atoms with E-state index in [1.54, 1.807) is 98.7 Å². The van der Waals surface area contributed by atoms with Gasteiger partial charge in [-0.25, -0.2) is 34.1 Å². The molecule has 0 radical (unpaired) electrons. The average molecular weight is 1010 g/mol. The van der Waals surface area contributed by atoms with E-state index in [0.29, 0.717) is 64.2 Å². The summed E-state index contributed by atoms with van der Waals surface area (Å²) >= 11 is 0. The number of aryl methyl sites for hydroxylation is 2. The number of halogens is 3. The van der Waals surface area contributed by atoms with Crippen LogP contribution in [0.5, 0.6) is 0 Å². The fraction of sp³-hybridized carbons (Fsp3) is 0.306. The monoisotopic (exact) mass is 1010 g/mol. The molecule has 2 fully saturated rings. The number of ether oxygens (including phenoxy) is 1. The van der Waals surface area contributed by atoms with Gasteiger partial charge in [-0.1, -0.05) is 24.3 Å². The fourth-order valence-corrected chi connectivity index (χ4v) is 7.88. The molecule has 2 aliphatic heterocycles. The van der Waals surface area contributed by atoms with Gasteiger partial charge in [-0.2, -0.15) is 13.2 Å². The van der Waals surface area contributed by atoms with Crippen molar-refractivity contribution < 1.29 is 46.7 Å². The number of amides is 5. The number of aromatic nitrogens is 6. The number of hydrogen-bond acceptors (Lipinski definition) is 14. The van der Waals surface area contributed by atoms with Crippen LogP contribution in [0.4, 0.5) is 29.6 Å². The second-order valence-corrected chi connectivity index (χ2v) is 17.9. The number of nitrogen functional groups attached to an aromatic ring is 2. The lowest BCUT2D eigenvalue weighted by Crippen LogP contribution is -2.38. The number of likely N-dealkylation sites (tertiary alicyclic amines) is 1. The molecule has 2 aromatic carbocycles. The number of primary amides is 2. The third-order valence-corrected chi connectivity index (χ3v) is 11.2. The first-order valence-electron chi connectivity index (χ1n) is 22.7. The SMILES string of the molecule is Cc1ccnc(NC(=O)c2ccc(-c3nc([C@@H]4CCCN4)n(N)c3C(N)=O)cc2)c1.Cc1ccnc(NC(=O)c2ccc(-c3nc([C@@H]4CCCN4C(=O)OC(C)(C)C)n(N)c3C(N)=O)cc2)c1.O=CC(F)(F)F. The molecular weight excluding hydrogens is 954 g/mol. The molecule has 5 amide bonds. The average Bonchev–Trinajstić information content (AvgIpc) is 4.15. The third kappa shape index (κ3) is 13.6. The lowest BCUT2D eigenvalue weighted by Gasteiger charge is -2.28. The summed E-state index contributed by atoms with van der Waals surface area (Å²) in [7, 11) is 0. The van der Waals surface area contributed by atoms with E-state index in [9.17, 15) is 37.1 Å². The molecule has 21 nitrogen and oxygen atoms in total. The number of nitrogens with two attached hydrogens (primary N) is 4. The Balaban J connectivity index is 0.000000218. The number of alkyl halides is 3. The number of pyridine rings is 2. The van der Waals surface area contributed by atoms with E-state index in [-0.39, 0.29) is 34.9 Å². The molecule has 24 heteroatoms. The van der Waals surface area contributed by atoms with Crippen LogP contribution in [0.2, 0.25) is 0 Å². The molecule has 0 spiro atoms. The predicted octanol–water partition coefficient (Wildman–Crippen LogP) is 5.88. The number of carbonyl (C=O) groups is 6. The predicted molar refractivity (Wildman–Crippen MR) is 264 cm³/mol. The minimum atomic E-state index is -4.64. The van der Waals surface area contributed by atoms with Gasteiger partial charge < -0.3 is 43.8 Å². The topological polar surface area (TPSA) is 316 Å². The van der Waals surface area contributed by atoms with Gasteiger partial charge in [0.25, 0.3) is 23.6 Å². The van der Waals surface area contributed by atoms with Crippen LogP contribution < -0.4 is 39.1 Å². The Morgan fingerprint density at radius 1 is 0.712 bits per heavy atom. The van der Waals surface area contributed by atoms with Crippen molar-refractivity contribution in [1.29, 1.82) is 0 Å². The number of rotatable bonds is 10. The van der Waals surface area contributed by atoms with Crippen molar-refractivity contribution in [3.05, 3.63) is 130 Å². The second-order valence-electron chi connectivity index (χ2n) is 17.9. The van der Waals surface area contributed by atoms with E-state index in [1.807, 2.05) is 26.0 Å². The number of nitrogens with zero attached hydrogens (tertiary/aromatic N) is 7. The highest BCUT2D eigenvalue weighted by Crippen LogP contribution is 2.36. The van der Waals surface area contributed by atoms with Crippen molar-refractivity contribution in [2.24, 2.45) is 11.5 Å². The number of nitrogens with one attached hydrogen (secondary N) is 3. The molecule has 6 aromatic rings. The molecule has 384 valence electrons. The quantitative estimate of drug-likeness (QED) is 0.0623. The molecule has 0 unspecified atom stereocenters. The molecular formula is C49H55F3N14O7. The molecule has 2 saturated heterocycles. The molecule has 0 bridgehead atoms. The number of imidazole rings is 2. The summed E-state index contributed by atoms with van der Waals surface area (Å²) in [5.74, 6) is 12.2. The first-order chi connectivity index (χ1) is 34.4. The standard InChI is InChI=1S/C26H31N7O4.C21H23N7O2.C2HF3O/c1-15-11-12-29-19(14-15)30-24(35)17-9-7-16(8-10-17)20-21(22(27)34)33(28)23(31-20)18-6-5-13-32(18)25(36)37-26(2,3)4;1-12-8-10-25-16(11-12)26-21(30)14-6-4-13(5-7-14)17-18(19(22)29)28(23)20(27-17)15-3-2-9-24-15;3-2(4,5)1-6/h7-12,14,18H,5-6,13,28H2,1-4H3,(H2,27,34)(H,29,30,35);4-8,10-11,15,24H,2-3,9,23H2,1H3,(H2,22,29)(H,25,26,30);1H/t18-;15-;/m00./s1. The van der Waals surface area contributed by atoms with Gasteiger partial charge in [-0.05, 0) is 127 Å². The summed E-state index contributed by atoms with van der Waals surface area (Å²) in [6, 6.07) is 20.1. The number of benzene rings is 2. The van der Waals surface area contributed by atoms with Crippen LogP contribution in [-0.4, -0.2) is 95.1 Å². The number of hydrogen-bond donors (Lipinski definition) is 7. The Bertz CT molecular complexity index is 3000. The van der Waals surface area contributed by atoms with Crippen LogP contribution in [-0.2, 0) is 9.53 Å². The van der Waals surface area contributed by atoms with Crippen LogP contribution in [0.3, 0.4) is 0 Å². The maximum atomic E-state index is 12.8. The van der Waals surface area contributed by atoms with Gasteiger partial charge in [0, 0.05) is 41.2 Å². The van der Waals surface area contributed by atoms with Gasteiger partial charge in [0.05, 0.1) is 12.1 Å². The van der Waals surface area contributed by atoms with Gasteiger partial charge in [-0.3, -0.25) is 28.9 Å². The first-order valence-corrected chi connectivity index (χ1v) is 22.7. The Hall–Kier alpha value is -8.67. The van der Waals surface area contributed by atoms with Crippen molar-refractivity contribution in [2.75, 3.05) is 35.4 Å². The maximum absolute atomic E-state index is 12.8. The first kappa shape index (κ1) is 53.7. The van der Waals surface area contributed by atoms with Gasteiger partial charge in [-0.15, -0.1) is 0 Å². The Labute approximate surface area is 416 Å². The normalized spacial score (nSPS) is 15.3. The summed E-state index contributed by atoms with van der Waals surface area (Å²) in [5.41, 5.74) is 15.4. The number of anilines is 2. The number of aldehydes is 1.